The van der Waals surface area contributed by atoms with E-state index in [1.807, 2.05) is 0 Å². The molecule has 2 aromatic rings. The maximum atomic E-state index is 13.6. The van der Waals surface area contributed by atoms with E-state index in [0.29, 0.717) is 5.56 Å². The van der Waals surface area contributed by atoms with Crippen LogP contribution >= 0.6 is 34.8 Å². The maximum absolute atomic E-state index is 13.6. The summed E-state index contributed by atoms with van der Waals surface area (Å²) in [5, 5.41) is 10.8. The van der Waals surface area contributed by atoms with E-state index in [4.69, 9.17) is 34.8 Å². The van der Waals surface area contributed by atoms with Gasteiger partial charge in [-0.05, 0) is 36.8 Å². The van der Waals surface area contributed by atoms with Crippen molar-refractivity contribution in [1.82, 2.24) is 0 Å². The standard InChI is InChI=1S/C15H11Cl3F2O/c1-15(21,7-8-2-3-9(19)4-11(8)16)10-5-14(20)13(18)6-12(10)17/h2-6,21H,7H2,1H3. The molecular formula is C15H11Cl3F2O. The Balaban J connectivity index is 2.40. The van der Waals surface area contributed by atoms with E-state index < -0.39 is 17.2 Å². The van der Waals surface area contributed by atoms with Crippen LogP contribution in [0.15, 0.2) is 30.3 Å². The molecule has 112 valence electrons. The molecule has 2 rings (SSSR count). The predicted octanol–water partition coefficient (Wildman–Crippen LogP) is 5.38. The Kier molecular flexibility index (Phi) is 4.79. The molecule has 0 aliphatic rings. The molecule has 0 bridgehead atoms. The van der Waals surface area contributed by atoms with Crippen LogP contribution in [-0.4, -0.2) is 5.11 Å². The van der Waals surface area contributed by atoms with Crippen LogP contribution in [0.2, 0.25) is 15.1 Å². The van der Waals surface area contributed by atoms with Gasteiger partial charge in [0, 0.05) is 22.0 Å². The molecule has 0 aliphatic carbocycles. The quantitative estimate of drug-likeness (QED) is 0.737. The van der Waals surface area contributed by atoms with E-state index >= 15 is 0 Å². The average molecular weight is 352 g/mol. The molecule has 0 radical (unpaired) electrons. The van der Waals surface area contributed by atoms with Gasteiger partial charge in [0.1, 0.15) is 11.6 Å². The number of aliphatic hydroxyl groups is 1. The highest BCUT2D eigenvalue weighted by atomic mass is 35.5. The highest BCUT2D eigenvalue weighted by Crippen LogP contribution is 2.35. The van der Waals surface area contributed by atoms with Crippen LogP contribution in [0.1, 0.15) is 18.1 Å². The van der Waals surface area contributed by atoms with Crippen molar-refractivity contribution < 1.29 is 13.9 Å². The van der Waals surface area contributed by atoms with Gasteiger partial charge in [-0.1, -0.05) is 40.9 Å². The van der Waals surface area contributed by atoms with Crippen LogP contribution in [-0.2, 0) is 12.0 Å². The van der Waals surface area contributed by atoms with Crippen molar-refractivity contribution in [3.8, 4) is 0 Å². The lowest BCUT2D eigenvalue weighted by molar-refractivity contribution is 0.0574. The zero-order chi connectivity index (χ0) is 15.8. The minimum atomic E-state index is -1.48. The third-order valence-electron chi connectivity index (χ3n) is 3.14. The molecule has 0 heterocycles. The smallest absolute Gasteiger partial charge is 0.142 e. The molecule has 2 aromatic carbocycles. The van der Waals surface area contributed by atoms with Crippen molar-refractivity contribution >= 4 is 34.8 Å². The summed E-state index contributed by atoms with van der Waals surface area (Å²) in [5.41, 5.74) is -0.773. The molecule has 0 fully saturated rings. The summed E-state index contributed by atoms with van der Waals surface area (Å²) >= 11 is 17.6. The van der Waals surface area contributed by atoms with Gasteiger partial charge in [-0.15, -0.1) is 0 Å². The topological polar surface area (TPSA) is 20.2 Å². The molecule has 0 saturated heterocycles. The highest BCUT2D eigenvalue weighted by Gasteiger charge is 2.28. The fourth-order valence-corrected chi connectivity index (χ4v) is 2.89. The maximum Gasteiger partial charge on any atom is 0.142 e. The van der Waals surface area contributed by atoms with Crippen molar-refractivity contribution in [2.24, 2.45) is 0 Å². The van der Waals surface area contributed by atoms with Gasteiger partial charge in [-0.3, -0.25) is 0 Å². The van der Waals surface area contributed by atoms with Gasteiger partial charge in [0.2, 0.25) is 0 Å². The summed E-state index contributed by atoms with van der Waals surface area (Å²) in [6, 6.07) is 6.17. The molecule has 0 saturated carbocycles. The molecular weight excluding hydrogens is 341 g/mol. The van der Waals surface area contributed by atoms with E-state index in [2.05, 4.69) is 0 Å². The van der Waals surface area contributed by atoms with Gasteiger partial charge in [0.05, 0.1) is 10.6 Å². The predicted molar refractivity (Wildman–Crippen MR) is 81.1 cm³/mol. The van der Waals surface area contributed by atoms with Crippen molar-refractivity contribution in [3.63, 3.8) is 0 Å². The highest BCUT2D eigenvalue weighted by molar-refractivity contribution is 6.35. The number of rotatable bonds is 3. The zero-order valence-electron chi connectivity index (χ0n) is 10.9. The SMILES string of the molecule is CC(O)(Cc1ccc(F)cc1Cl)c1cc(F)c(Cl)cc1Cl. The average Bonchev–Trinajstić information content (AvgIpc) is 2.37. The van der Waals surface area contributed by atoms with Gasteiger partial charge in [0.15, 0.2) is 0 Å². The van der Waals surface area contributed by atoms with E-state index in [-0.39, 0.29) is 27.1 Å². The minimum Gasteiger partial charge on any atom is -0.385 e. The molecule has 0 aliphatic heterocycles. The first-order valence-electron chi connectivity index (χ1n) is 6.02. The lowest BCUT2D eigenvalue weighted by atomic mass is 9.89. The van der Waals surface area contributed by atoms with Crippen molar-refractivity contribution in [2.45, 2.75) is 18.9 Å². The van der Waals surface area contributed by atoms with Crippen LogP contribution < -0.4 is 0 Å². The second kappa shape index (κ2) is 6.09. The Morgan fingerprint density at radius 2 is 1.67 bits per heavy atom. The summed E-state index contributed by atoms with van der Waals surface area (Å²) in [7, 11) is 0. The number of hydrogen-bond donors (Lipinski definition) is 1. The molecule has 21 heavy (non-hydrogen) atoms. The molecule has 1 atom stereocenters. The lowest BCUT2D eigenvalue weighted by Gasteiger charge is -2.26. The van der Waals surface area contributed by atoms with Crippen LogP contribution in [0, 0.1) is 11.6 Å². The minimum absolute atomic E-state index is 0.0485. The van der Waals surface area contributed by atoms with Gasteiger partial charge < -0.3 is 5.11 Å². The number of hydrogen-bond acceptors (Lipinski definition) is 1. The van der Waals surface area contributed by atoms with Gasteiger partial charge in [-0.2, -0.15) is 0 Å². The van der Waals surface area contributed by atoms with Gasteiger partial charge in [0.25, 0.3) is 0 Å². The number of halogens is 5. The van der Waals surface area contributed by atoms with E-state index in [1.165, 1.54) is 25.1 Å². The molecule has 0 amide bonds. The number of benzene rings is 2. The van der Waals surface area contributed by atoms with Crippen molar-refractivity contribution in [3.05, 3.63) is 68.2 Å². The normalized spacial score (nSPS) is 14.0. The molecule has 1 nitrogen and oxygen atoms in total. The van der Waals surface area contributed by atoms with Crippen molar-refractivity contribution in [1.29, 1.82) is 0 Å². The van der Waals surface area contributed by atoms with Crippen LogP contribution in [0.25, 0.3) is 0 Å². The van der Waals surface area contributed by atoms with Crippen LogP contribution in [0.5, 0.6) is 0 Å². The monoisotopic (exact) mass is 350 g/mol. The zero-order valence-corrected chi connectivity index (χ0v) is 13.2. The first-order valence-corrected chi connectivity index (χ1v) is 7.15. The fraction of sp³-hybridized carbons (Fsp3) is 0.200. The second-order valence-electron chi connectivity index (χ2n) is 4.93. The fourth-order valence-electron chi connectivity index (χ4n) is 2.07. The Bertz CT molecular complexity index is 687. The van der Waals surface area contributed by atoms with E-state index in [9.17, 15) is 13.9 Å². The Labute approximate surface area is 136 Å². The molecule has 0 aromatic heterocycles. The largest absolute Gasteiger partial charge is 0.385 e. The summed E-state index contributed by atoms with van der Waals surface area (Å²) in [4.78, 5) is 0. The van der Waals surface area contributed by atoms with Gasteiger partial charge >= 0.3 is 0 Å². The third kappa shape index (κ3) is 3.67. The molecule has 1 N–H and O–H groups in total. The Hall–Kier alpha value is -0.870. The van der Waals surface area contributed by atoms with Crippen LogP contribution in [0.4, 0.5) is 8.78 Å². The van der Waals surface area contributed by atoms with E-state index in [1.54, 1.807) is 0 Å². The molecule has 0 spiro atoms. The summed E-state index contributed by atoms with van der Waals surface area (Å²) in [5.74, 6) is -1.15. The van der Waals surface area contributed by atoms with E-state index in [0.717, 1.165) is 12.1 Å². The summed E-state index contributed by atoms with van der Waals surface area (Å²) < 4.78 is 26.6. The molecule has 6 heteroatoms. The second-order valence-corrected chi connectivity index (χ2v) is 6.15. The lowest BCUT2D eigenvalue weighted by Crippen LogP contribution is -2.25. The Morgan fingerprint density at radius 1 is 1.00 bits per heavy atom. The molecule has 1 unspecified atom stereocenters. The first kappa shape index (κ1) is 16.5. The van der Waals surface area contributed by atoms with Crippen LogP contribution in [0.3, 0.4) is 0 Å². The van der Waals surface area contributed by atoms with Crippen molar-refractivity contribution in [2.75, 3.05) is 0 Å². The first-order chi connectivity index (χ1) is 9.70. The van der Waals surface area contributed by atoms with Gasteiger partial charge in [-0.25, -0.2) is 8.78 Å². The summed E-state index contributed by atoms with van der Waals surface area (Å²) in [6.07, 6.45) is 0.0485. The summed E-state index contributed by atoms with van der Waals surface area (Å²) in [6.45, 7) is 1.47. The Morgan fingerprint density at radius 3 is 2.29 bits per heavy atom. The third-order valence-corrected chi connectivity index (χ3v) is 4.09.